The van der Waals surface area contributed by atoms with Crippen molar-refractivity contribution in [2.24, 2.45) is 0 Å². The Bertz CT molecular complexity index is 511. The van der Waals surface area contributed by atoms with Crippen LogP contribution < -0.4 is 0 Å². The van der Waals surface area contributed by atoms with Gasteiger partial charge in [0.2, 0.25) is 0 Å². The third-order valence-corrected chi connectivity index (χ3v) is 2.60. The van der Waals surface area contributed by atoms with Gasteiger partial charge in [-0.25, -0.2) is 0 Å². The molecule has 2 rings (SSSR count). The molecule has 0 aromatic heterocycles. The van der Waals surface area contributed by atoms with E-state index in [9.17, 15) is 0 Å². The molecule has 2 aromatic rings. The first-order valence-electron chi connectivity index (χ1n) is 5.73. The second kappa shape index (κ2) is 6.27. The van der Waals surface area contributed by atoms with Crippen molar-refractivity contribution >= 4 is 5.57 Å². The highest BCUT2D eigenvalue weighted by Gasteiger charge is 2.03. The molecule has 0 spiro atoms. The predicted octanol–water partition coefficient (Wildman–Crippen LogP) is 3.62. The number of ether oxygens (including phenoxy) is 1. The van der Waals surface area contributed by atoms with Crippen molar-refractivity contribution in [1.29, 1.82) is 5.26 Å². The van der Waals surface area contributed by atoms with Gasteiger partial charge >= 0.3 is 0 Å². The van der Waals surface area contributed by atoms with E-state index in [0.717, 1.165) is 16.7 Å². The van der Waals surface area contributed by atoms with Crippen molar-refractivity contribution in [1.82, 2.24) is 0 Å². The van der Waals surface area contributed by atoms with E-state index in [-0.39, 0.29) is 6.61 Å². The molecule has 0 aliphatic rings. The van der Waals surface area contributed by atoms with Gasteiger partial charge in [-0.15, -0.1) is 0 Å². The summed E-state index contributed by atoms with van der Waals surface area (Å²) in [6.07, 6.45) is 3.61. The average molecular weight is 235 g/mol. The van der Waals surface area contributed by atoms with Gasteiger partial charge in [0.15, 0.2) is 0 Å². The molecule has 0 unspecified atom stereocenters. The number of hydrogen-bond donors (Lipinski definition) is 0. The second-order valence-corrected chi connectivity index (χ2v) is 3.75. The quantitative estimate of drug-likeness (QED) is 0.599. The van der Waals surface area contributed by atoms with Crippen LogP contribution in [-0.2, 0) is 4.74 Å². The molecule has 0 bridgehead atoms. The van der Waals surface area contributed by atoms with Crippen molar-refractivity contribution < 1.29 is 4.74 Å². The molecule has 0 saturated heterocycles. The number of nitriles is 1. The molecule has 0 atom stereocenters. The Morgan fingerprint density at radius 2 is 1.44 bits per heavy atom. The van der Waals surface area contributed by atoms with Gasteiger partial charge in [-0.3, -0.25) is 0 Å². The Kier molecular flexibility index (Phi) is 4.16. The lowest BCUT2D eigenvalue weighted by atomic mass is 9.98. The van der Waals surface area contributed by atoms with Crippen LogP contribution in [0.4, 0.5) is 0 Å². The van der Waals surface area contributed by atoms with Gasteiger partial charge < -0.3 is 4.74 Å². The van der Waals surface area contributed by atoms with Gasteiger partial charge in [0.05, 0.1) is 0 Å². The van der Waals surface area contributed by atoms with Gasteiger partial charge in [0.1, 0.15) is 6.61 Å². The zero-order chi connectivity index (χ0) is 12.6. The summed E-state index contributed by atoms with van der Waals surface area (Å²) in [4.78, 5) is 0. The lowest BCUT2D eigenvalue weighted by molar-refractivity contribution is 0.313. The van der Waals surface area contributed by atoms with Crippen LogP contribution >= 0.6 is 0 Å². The van der Waals surface area contributed by atoms with Crippen molar-refractivity contribution in [3.63, 3.8) is 0 Å². The summed E-state index contributed by atoms with van der Waals surface area (Å²) < 4.78 is 4.74. The smallest absolute Gasteiger partial charge is 0.286 e. The van der Waals surface area contributed by atoms with Gasteiger partial charge in [0, 0.05) is 0 Å². The molecule has 0 aliphatic carbocycles. The first-order chi connectivity index (χ1) is 8.92. The van der Waals surface area contributed by atoms with E-state index in [1.165, 1.54) is 0 Å². The average Bonchev–Trinajstić information content (AvgIpc) is 2.46. The standard InChI is InChI=1S/C16H13NO/c17-13-18-12-11-16(14-7-3-1-4-8-14)15-9-5-2-6-10-15/h1-11H,12H2. The number of benzene rings is 2. The summed E-state index contributed by atoms with van der Waals surface area (Å²) in [5, 5.41) is 8.42. The maximum absolute atomic E-state index is 8.42. The highest BCUT2D eigenvalue weighted by Crippen LogP contribution is 2.22. The van der Waals surface area contributed by atoms with Gasteiger partial charge in [-0.1, -0.05) is 60.7 Å². The van der Waals surface area contributed by atoms with Gasteiger partial charge in [-0.05, 0) is 22.8 Å². The minimum Gasteiger partial charge on any atom is -0.423 e. The lowest BCUT2D eigenvalue weighted by Crippen LogP contribution is -1.91. The molecule has 2 heteroatoms. The molecule has 2 nitrogen and oxygen atoms in total. The predicted molar refractivity (Wildman–Crippen MR) is 71.5 cm³/mol. The third kappa shape index (κ3) is 2.99. The Balaban J connectivity index is 2.36. The Hall–Kier alpha value is -2.53. The van der Waals surface area contributed by atoms with Crippen molar-refractivity contribution in [2.75, 3.05) is 6.61 Å². The van der Waals surface area contributed by atoms with Crippen molar-refractivity contribution in [3.8, 4) is 6.26 Å². The molecular formula is C16H13NO. The Labute approximate surface area is 107 Å². The minimum absolute atomic E-state index is 0.287. The van der Waals surface area contributed by atoms with Crippen LogP contribution in [0.5, 0.6) is 0 Å². The van der Waals surface area contributed by atoms with Crippen LogP contribution in [0, 0.1) is 11.5 Å². The van der Waals surface area contributed by atoms with Crippen LogP contribution in [0.3, 0.4) is 0 Å². The molecule has 18 heavy (non-hydrogen) atoms. The summed E-state index contributed by atoms with van der Waals surface area (Å²) in [7, 11) is 0. The van der Waals surface area contributed by atoms with Crippen LogP contribution in [-0.4, -0.2) is 6.61 Å². The number of rotatable bonds is 4. The molecule has 0 radical (unpaired) electrons. The Morgan fingerprint density at radius 1 is 0.944 bits per heavy atom. The highest BCUT2D eigenvalue weighted by atomic mass is 16.5. The summed E-state index contributed by atoms with van der Waals surface area (Å²) in [5.74, 6) is 0. The molecule has 0 fully saturated rings. The number of hydrogen-bond acceptors (Lipinski definition) is 2. The zero-order valence-electron chi connectivity index (χ0n) is 9.91. The fraction of sp³-hybridized carbons (Fsp3) is 0.0625. The molecule has 0 heterocycles. The zero-order valence-corrected chi connectivity index (χ0v) is 9.91. The molecule has 2 aromatic carbocycles. The van der Waals surface area contributed by atoms with Crippen LogP contribution in [0.15, 0.2) is 66.7 Å². The normalized spacial score (nSPS) is 9.28. The Morgan fingerprint density at radius 3 is 1.89 bits per heavy atom. The van der Waals surface area contributed by atoms with E-state index >= 15 is 0 Å². The minimum atomic E-state index is 0.287. The summed E-state index contributed by atoms with van der Waals surface area (Å²) in [6, 6.07) is 20.1. The highest BCUT2D eigenvalue weighted by molar-refractivity contribution is 5.79. The summed E-state index contributed by atoms with van der Waals surface area (Å²) >= 11 is 0. The summed E-state index contributed by atoms with van der Waals surface area (Å²) in [5.41, 5.74) is 3.31. The topological polar surface area (TPSA) is 33.0 Å². The third-order valence-electron chi connectivity index (χ3n) is 2.60. The summed E-state index contributed by atoms with van der Waals surface area (Å²) in [6.45, 7) is 0.287. The van der Waals surface area contributed by atoms with E-state index < -0.39 is 0 Å². The van der Waals surface area contributed by atoms with Crippen LogP contribution in [0.1, 0.15) is 11.1 Å². The van der Waals surface area contributed by atoms with Crippen LogP contribution in [0.2, 0.25) is 0 Å². The molecule has 88 valence electrons. The molecule has 0 saturated carbocycles. The van der Waals surface area contributed by atoms with E-state index in [1.54, 1.807) is 6.26 Å². The fourth-order valence-electron chi connectivity index (χ4n) is 1.80. The maximum atomic E-state index is 8.42. The number of nitrogens with zero attached hydrogens (tertiary/aromatic N) is 1. The van der Waals surface area contributed by atoms with Crippen molar-refractivity contribution in [2.45, 2.75) is 0 Å². The second-order valence-electron chi connectivity index (χ2n) is 3.75. The van der Waals surface area contributed by atoms with Gasteiger partial charge in [-0.2, -0.15) is 5.26 Å². The lowest BCUT2D eigenvalue weighted by Gasteiger charge is -2.08. The monoisotopic (exact) mass is 235 g/mol. The van der Waals surface area contributed by atoms with E-state index in [2.05, 4.69) is 0 Å². The SMILES string of the molecule is N#COCC=C(c1ccccc1)c1ccccc1. The van der Waals surface area contributed by atoms with Gasteiger partial charge in [0.25, 0.3) is 6.26 Å². The van der Waals surface area contributed by atoms with Crippen LogP contribution in [0.25, 0.3) is 5.57 Å². The van der Waals surface area contributed by atoms with E-state index in [0.29, 0.717) is 0 Å². The molecule has 0 aliphatic heterocycles. The van der Waals surface area contributed by atoms with E-state index in [1.807, 2.05) is 66.7 Å². The molecular weight excluding hydrogens is 222 g/mol. The largest absolute Gasteiger partial charge is 0.423 e. The first-order valence-corrected chi connectivity index (χ1v) is 5.73. The maximum Gasteiger partial charge on any atom is 0.286 e. The van der Waals surface area contributed by atoms with E-state index in [4.69, 9.17) is 10.00 Å². The fourth-order valence-corrected chi connectivity index (χ4v) is 1.80. The van der Waals surface area contributed by atoms with Crippen molar-refractivity contribution in [3.05, 3.63) is 77.9 Å². The molecule has 0 amide bonds. The molecule has 0 N–H and O–H groups in total. The first kappa shape index (κ1) is 11.9.